The van der Waals surface area contributed by atoms with E-state index in [0.29, 0.717) is 43.5 Å². The number of hydrogen-bond donors (Lipinski definition) is 0. The minimum Gasteiger partial charge on any atom is -0.485 e. The van der Waals surface area contributed by atoms with Gasteiger partial charge in [-0.3, -0.25) is 0 Å². The summed E-state index contributed by atoms with van der Waals surface area (Å²) in [4.78, 5) is 3.93. The Morgan fingerprint density at radius 2 is 1.56 bits per heavy atom. The van der Waals surface area contributed by atoms with E-state index in [4.69, 9.17) is 23.5 Å². The van der Waals surface area contributed by atoms with Crippen molar-refractivity contribution in [2.75, 3.05) is 32.7 Å². The maximum atomic E-state index is 11.5. The molecule has 0 amide bonds. The lowest BCUT2D eigenvalue weighted by atomic mass is 10.2. The van der Waals surface area contributed by atoms with Crippen molar-refractivity contribution in [2.45, 2.75) is 17.4 Å². The van der Waals surface area contributed by atoms with E-state index in [1.54, 1.807) is 18.2 Å². The van der Waals surface area contributed by atoms with Crippen LogP contribution >= 0.6 is 0 Å². The summed E-state index contributed by atoms with van der Waals surface area (Å²) in [6.45, 7) is 2.10. The Balaban J connectivity index is 1.65. The lowest BCUT2D eigenvalue weighted by Gasteiger charge is -2.28. The normalized spacial score (nSPS) is 18.4. The molecule has 134 valence electrons. The molecule has 0 aliphatic carbocycles. The Hall–Kier alpha value is -2.17. The van der Waals surface area contributed by atoms with Crippen LogP contribution in [0.2, 0.25) is 0 Å². The van der Waals surface area contributed by atoms with Gasteiger partial charge in [0.25, 0.3) is 0 Å². The van der Waals surface area contributed by atoms with Gasteiger partial charge in [0.1, 0.15) is 23.7 Å². The lowest BCUT2D eigenvalue weighted by Crippen LogP contribution is -2.39. The first-order valence-electron chi connectivity index (χ1n) is 7.65. The van der Waals surface area contributed by atoms with E-state index in [2.05, 4.69) is 10.1 Å². The summed E-state index contributed by atoms with van der Waals surface area (Å²) in [5.74, 6) is 1.27. The molecule has 0 N–H and O–H groups in total. The van der Waals surface area contributed by atoms with Gasteiger partial charge in [-0.2, -0.15) is 4.98 Å². The van der Waals surface area contributed by atoms with Crippen LogP contribution in [0.3, 0.4) is 0 Å². The smallest absolute Gasteiger partial charge is 0.343 e. The lowest BCUT2D eigenvalue weighted by molar-refractivity contribution is -0.0824. The van der Waals surface area contributed by atoms with Gasteiger partial charge >= 0.3 is 5.22 Å². The molecule has 0 bridgehead atoms. The highest BCUT2D eigenvalue weighted by atomic mass is 32.2. The molecule has 0 spiro atoms. The summed E-state index contributed by atoms with van der Waals surface area (Å²) in [5, 5.41) is 3.30. The largest absolute Gasteiger partial charge is 0.485 e. The molecule has 3 heterocycles. The Morgan fingerprint density at radius 3 is 1.96 bits per heavy atom. The van der Waals surface area contributed by atoms with E-state index in [1.165, 1.54) is 0 Å². The van der Waals surface area contributed by atoms with Crippen LogP contribution in [0.25, 0.3) is 11.4 Å². The second-order valence-electron chi connectivity index (χ2n) is 5.90. The zero-order valence-electron chi connectivity index (χ0n) is 13.4. The third kappa shape index (κ3) is 3.60. The highest BCUT2D eigenvalue weighted by Gasteiger charge is 2.24. The van der Waals surface area contributed by atoms with E-state index in [1.807, 2.05) is 0 Å². The number of ether oxygens (including phenoxy) is 4. The van der Waals surface area contributed by atoms with Gasteiger partial charge < -0.3 is 23.5 Å². The highest BCUT2D eigenvalue weighted by molar-refractivity contribution is 7.90. The molecule has 0 radical (unpaired) electrons. The standard InChI is InChI=1S/C15H16N2O7S/c1-25(18,19)15-16-14(17-24-15)9-2-10(22-12-5-20-6-12)4-11(3-9)23-13-7-21-8-13/h2-4,12-13H,5-8H2,1H3. The van der Waals surface area contributed by atoms with Crippen LogP contribution in [0, 0.1) is 0 Å². The summed E-state index contributed by atoms with van der Waals surface area (Å²) in [6, 6.07) is 5.18. The molecule has 1 aromatic heterocycles. The van der Waals surface area contributed by atoms with Crippen molar-refractivity contribution < 1.29 is 31.9 Å². The summed E-state index contributed by atoms with van der Waals surface area (Å²) < 4.78 is 49.7. The van der Waals surface area contributed by atoms with Crippen molar-refractivity contribution in [2.24, 2.45) is 0 Å². The first-order chi connectivity index (χ1) is 12.0. The predicted octanol–water partition coefficient (Wildman–Crippen LogP) is 0.695. The molecule has 10 heteroatoms. The zero-order chi connectivity index (χ0) is 17.4. The molecule has 4 rings (SSSR count). The topological polar surface area (TPSA) is 110 Å². The summed E-state index contributed by atoms with van der Waals surface area (Å²) >= 11 is 0. The van der Waals surface area contributed by atoms with E-state index < -0.39 is 15.1 Å². The molecule has 2 aromatic rings. The minimum absolute atomic E-state index is 0.0213. The van der Waals surface area contributed by atoms with Gasteiger partial charge in [-0.05, 0) is 12.1 Å². The summed E-state index contributed by atoms with van der Waals surface area (Å²) in [5.41, 5.74) is 0.534. The van der Waals surface area contributed by atoms with Crippen molar-refractivity contribution in [3.8, 4) is 22.9 Å². The van der Waals surface area contributed by atoms with Gasteiger partial charge in [-0.1, -0.05) is 5.16 Å². The second-order valence-corrected chi connectivity index (χ2v) is 7.80. The molecular weight excluding hydrogens is 352 g/mol. The van der Waals surface area contributed by atoms with Gasteiger partial charge in [-0.25, -0.2) is 8.42 Å². The molecule has 2 aliphatic rings. The third-order valence-corrected chi connectivity index (χ3v) is 4.48. The van der Waals surface area contributed by atoms with Crippen molar-refractivity contribution in [1.82, 2.24) is 10.1 Å². The Morgan fingerprint density at radius 1 is 1.00 bits per heavy atom. The van der Waals surface area contributed by atoms with Gasteiger partial charge in [0, 0.05) is 17.9 Å². The molecule has 2 saturated heterocycles. The van der Waals surface area contributed by atoms with Gasteiger partial charge in [-0.15, -0.1) is 0 Å². The molecular formula is C15H16N2O7S. The average Bonchev–Trinajstić information content (AvgIpc) is 2.97. The van der Waals surface area contributed by atoms with Crippen molar-refractivity contribution >= 4 is 9.84 Å². The molecule has 2 fully saturated rings. The van der Waals surface area contributed by atoms with Gasteiger partial charge in [0.2, 0.25) is 15.7 Å². The first kappa shape index (κ1) is 16.3. The average molecular weight is 368 g/mol. The molecule has 0 saturated carbocycles. The predicted molar refractivity (Wildman–Crippen MR) is 83.3 cm³/mol. The Labute approximate surface area is 143 Å². The third-order valence-electron chi connectivity index (χ3n) is 3.68. The fourth-order valence-corrected chi connectivity index (χ4v) is 2.69. The fraction of sp³-hybridized carbons (Fsp3) is 0.467. The fourth-order valence-electron chi connectivity index (χ4n) is 2.26. The zero-order valence-corrected chi connectivity index (χ0v) is 14.2. The number of rotatable bonds is 6. The Bertz CT molecular complexity index is 838. The highest BCUT2D eigenvalue weighted by Crippen LogP contribution is 2.31. The number of nitrogens with zero attached hydrogens (tertiary/aromatic N) is 2. The van der Waals surface area contributed by atoms with E-state index in [-0.39, 0.29) is 18.0 Å². The van der Waals surface area contributed by atoms with Crippen molar-refractivity contribution in [3.63, 3.8) is 0 Å². The van der Waals surface area contributed by atoms with Crippen LogP contribution in [0.5, 0.6) is 11.5 Å². The van der Waals surface area contributed by atoms with E-state index in [0.717, 1.165) is 6.26 Å². The van der Waals surface area contributed by atoms with Crippen LogP contribution in [0.4, 0.5) is 0 Å². The molecule has 9 nitrogen and oxygen atoms in total. The SMILES string of the molecule is CS(=O)(=O)c1nc(-c2cc(OC3COC3)cc(OC3COC3)c2)no1. The maximum Gasteiger partial charge on any atom is 0.343 e. The number of aromatic nitrogens is 2. The second kappa shape index (κ2) is 6.28. The van der Waals surface area contributed by atoms with Crippen LogP contribution in [0.1, 0.15) is 0 Å². The first-order valence-corrected chi connectivity index (χ1v) is 9.54. The number of benzene rings is 1. The van der Waals surface area contributed by atoms with Crippen LogP contribution in [-0.2, 0) is 19.3 Å². The quantitative estimate of drug-likeness (QED) is 0.727. The van der Waals surface area contributed by atoms with E-state index >= 15 is 0 Å². The molecule has 0 unspecified atom stereocenters. The van der Waals surface area contributed by atoms with Crippen molar-refractivity contribution in [1.29, 1.82) is 0 Å². The minimum atomic E-state index is -3.57. The maximum absolute atomic E-state index is 11.5. The summed E-state index contributed by atoms with van der Waals surface area (Å²) in [7, 11) is -3.57. The van der Waals surface area contributed by atoms with Crippen LogP contribution in [-0.4, -0.2) is 63.4 Å². The van der Waals surface area contributed by atoms with Gasteiger partial charge in [0.05, 0.1) is 26.4 Å². The molecule has 1 aromatic carbocycles. The van der Waals surface area contributed by atoms with Crippen LogP contribution < -0.4 is 9.47 Å². The summed E-state index contributed by atoms with van der Waals surface area (Å²) in [6.07, 6.45) is 0.963. The number of sulfone groups is 1. The van der Waals surface area contributed by atoms with E-state index in [9.17, 15) is 8.42 Å². The Kier molecular flexibility index (Phi) is 4.10. The molecule has 25 heavy (non-hydrogen) atoms. The van der Waals surface area contributed by atoms with Gasteiger partial charge in [0.15, 0.2) is 0 Å². The monoisotopic (exact) mass is 368 g/mol. The van der Waals surface area contributed by atoms with Crippen LogP contribution in [0.15, 0.2) is 27.9 Å². The van der Waals surface area contributed by atoms with Crippen molar-refractivity contribution in [3.05, 3.63) is 18.2 Å². The molecule has 0 atom stereocenters. The number of hydrogen-bond acceptors (Lipinski definition) is 9. The molecule has 2 aliphatic heterocycles.